The third-order valence-corrected chi connectivity index (χ3v) is 3.29. The number of amides is 1. The Balaban J connectivity index is 1.93. The first-order valence-corrected chi connectivity index (χ1v) is 7.25. The molecule has 0 aromatic rings. The second-order valence-corrected chi connectivity index (χ2v) is 5.13. The van der Waals surface area contributed by atoms with Crippen LogP contribution in [0.3, 0.4) is 0 Å². The lowest BCUT2D eigenvalue weighted by Gasteiger charge is -2.12. The van der Waals surface area contributed by atoms with Gasteiger partial charge in [0.25, 0.3) is 0 Å². The van der Waals surface area contributed by atoms with E-state index in [1.54, 1.807) is 0 Å². The summed E-state index contributed by atoms with van der Waals surface area (Å²) in [4.78, 5) is 10.5. The largest absolute Gasteiger partial charge is 0.471 e. The van der Waals surface area contributed by atoms with Crippen LogP contribution in [-0.4, -0.2) is 60.6 Å². The molecule has 9 heteroatoms. The first-order valence-electron chi connectivity index (χ1n) is 7.25. The van der Waals surface area contributed by atoms with E-state index in [2.05, 4.69) is 0 Å². The molecule has 0 bridgehead atoms. The molecule has 6 nitrogen and oxygen atoms in total. The Kier molecular flexibility index (Phi) is 8.08. The summed E-state index contributed by atoms with van der Waals surface area (Å²) >= 11 is 0. The van der Waals surface area contributed by atoms with E-state index in [0.717, 1.165) is 6.42 Å². The molecule has 0 radical (unpaired) electrons. The maximum Gasteiger partial charge on any atom is 0.471 e. The highest BCUT2D eigenvalue weighted by atomic mass is 19.4. The van der Waals surface area contributed by atoms with E-state index >= 15 is 0 Å². The summed E-state index contributed by atoms with van der Waals surface area (Å²) in [5, 5.41) is 20.2. The summed E-state index contributed by atoms with van der Waals surface area (Å²) in [7, 11) is 0. The highest BCUT2D eigenvalue weighted by Gasteiger charge is 2.38. The lowest BCUT2D eigenvalue weighted by Crippen LogP contribution is -2.37. The molecule has 0 aliphatic carbocycles. The van der Waals surface area contributed by atoms with Gasteiger partial charge in [0.1, 0.15) is 6.10 Å². The molecule has 1 heterocycles. The number of nitrogens with one attached hydrogen (secondary N) is 1. The number of hydrogen-bond acceptors (Lipinski definition) is 5. The molecule has 0 aromatic carbocycles. The molecule has 0 aromatic heterocycles. The van der Waals surface area contributed by atoms with Crippen LogP contribution in [0.4, 0.5) is 13.2 Å². The average Bonchev–Trinajstić information content (AvgIpc) is 2.80. The number of ether oxygens (including phenoxy) is 2. The van der Waals surface area contributed by atoms with E-state index in [0.29, 0.717) is 32.3 Å². The smallest absolute Gasteiger partial charge is 0.394 e. The third kappa shape index (κ3) is 6.91. The molecule has 1 aliphatic heterocycles. The normalized spacial score (nSPS) is 25.4. The van der Waals surface area contributed by atoms with E-state index in [9.17, 15) is 23.1 Å². The predicted molar refractivity (Wildman–Crippen MR) is 69.9 cm³/mol. The monoisotopic (exact) mass is 329 g/mol. The van der Waals surface area contributed by atoms with Crippen LogP contribution in [0.5, 0.6) is 0 Å². The Morgan fingerprint density at radius 2 is 1.95 bits per heavy atom. The molecule has 3 N–H and O–H groups in total. The summed E-state index contributed by atoms with van der Waals surface area (Å²) in [5.74, 6) is -1.91. The first-order chi connectivity index (χ1) is 10.3. The molecule has 1 amide bonds. The fourth-order valence-electron chi connectivity index (χ4n) is 2.06. The minimum Gasteiger partial charge on any atom is -0.394 e. The second-order valence-electron chi connectivity index (χ2n) is 5.13. The van der Waals surface area contributed by atoms with Gasteiger partial charge in [-0.2, -0.15) is 13.2 Å². The number of hydrogen-bond donors (Lipinski definition) is 3. The molecule has 1 rings (SSSR count). The molecule has 130 valence electrons. The Labute approximate surface area is 126 Å². The fraction of sp³-hybridized carbons (Fsp3) is 0.923. The van der Waals surface area contributed by atoms with Crippen molar-refractivity contribution in [2.45, 2.75) is 56.8 Å². The maximum absolute atomic E-state index is 11.9. The van der Waals surface area contributed by atoms with Crippen LogP contribution < -0.4 is 5.32 Å². The van der Waals surface area contributed by atoms with Crippen LogP contribution in [0, 0.1) is 0 Å². The van der Waals surface area contributed by atoms with Crippen molar-refractivity contribution in [3.05, 3.63) is 0 Å². The SMILES string of the molecule is O=C(NCCCCCCOC1C[C@H](O)[C@@H](CO)O1)C(F)(F)F. The van der Waals surface area contributed by atoms with Gasteiger partial charge < -0.3 is 25.0 Å². The topological polar surface area (TPSA) is 88.0 Å². The van der Waals surface area contributed by atoms with E-state index in [1.165, 1.54) is 0 Å². The highest BCUT2D eigenvalue weighted by molar-refractivity contribution is 5.81. The molecule has 3 atom stereocenters. The zero-order chi connectivity index (χ0) is 16.6. The number of carbonyl (C=O) groups excluding carboxylic acids is 1. The third-order valence-electron chi connectivity index (χ3n) is 3.29. The molecule has 1 saturated heterocycles. The number of halogens is 3. The van der Waals surface area contributed by atoms with Crippen molar-refractivity contribution in [1.29, 1.82) is 0 Å². The van der Waals surface area contributed by atoms with Crippen molar-refractivity contribution < 1.29 is 37.7 Å². The summed E-state index contributed by atoms with van der Waals surface area (Å²) in [5.41, 5.74) is 0. The minimum absolute atomic E-state index is 0.00465. The average molecular weight is 329 g/mol. The molecule has 22 heavy (non-hydrogen) atoms. The molecule has 0 spiro atoms. The Hall–Kier alpha value is -0.900. The van der Waals surface area contributed by atoms with Crippen LogP contribution >= 0.6 is 0 Å². The van der Waals surface area contributed by atoms with E-state index in [4.69, 9.17) is 14.6 Å². The van der Waals surface area contributed by atoms with E-state index in [1.807, 2.05) is 5.32 Å². The quantitative estimate of drug-likeness (QED) is 0.542. The van der Waals surface area contributed by atoms with Crippen LogP contribution in [-0.2, 0) is 14.3 Å². The van der Waals surface area contributed by atoms with Gasteiger partial charge in [0.15, 0.2) is 6.29 Å². The molecule has 1 unspecified atom stereocenters. The van der Waals surface area contributed by atoms with Gasteiger partial charge in [0.2, 0.25) is 0 Å². The molecule has 0 saturated carbocycles. The van der Waals surface area contributed by atoms with Gasteiger partial charge in [-0.1, -0.05) is 12.8 Å². The maximum atomic E-state index is 11.9. The Morgan fingerprint density at radius 3 is 2.55 bits per heavy atom. The standard InChI is InChI=1S/C13H22F3NO5/c14-13(15,16)12(20)17-5-3-1-2-4-6-21-11-7-9(19)10(8-18)22-11/h9-11,18-19H,1-8H2,(H,17,20)/t9-,10+,11?/m0/s1. The van der Waals surface area contributed by atoms with E-state index in [-0.39, 0.29) is 13.2 Å². The molecule has 1 aliphatic rings. The summed E-state index contributed by atoms with van der Waals surface area (Å²) in [6.07, 6.45) is -3.79. The molecular formula is C13H22F3NO5. The number of aliphatic hydroxyl groups is 2. The van der Waals surface area contributed by atoms with Gasteiger partial charge >= 0.3 is 12.1 Å². The van der Waals surface area contributed by atoms with Gasteiger partial charge in [-0.3, -0.25) is 4.79 Å². The van der Waals surface area contributed by atoms with Crippen LogP contribution in [0.25, 0.3) is 0 Å². The lowest BCUT2D eigenvalue weighted by molar-refractivity contribution is -0.173. The number of aliphatic hydroxyl groups excluding tert-OH is 2. The number of rotatable bonds is 9. The number of unbranched alkanes of at least 4 members (excludes halogenated alkanes) is 3. The van der Waals surface area contributed by atoms with Crippen molar-refractivity contribution >= 4 is 5.91 Å². The lowest BCUT2D eigenvalue weighted by atomic mass is 10.2. The van der Waals surface area contributed by atoms with Crippen molar-refractivity contribution in [1.82, 2.24) is 5.32 Å². The first kappa shape index (κ1) is 19.1. The predicted octanol–water partition coefficient (Wildman–Crippen LogP) is 0.710. The van der Waals surface area contributed by atoms with Gasteiger partial charge in [-0.25, -0.2) is 0 Å². The number of carbonyl (C=O) groups is 1. The van der Waals surface area contributed by atoms with Crippen molar-refractivity contribution in [2.24, 2.45) is 0 Å². The van der Waals surface area contributed by atoms with Crippen molar-refractivity contribution in [3.63, 3.8) is 0 Å². The Morgan fingerprint density at radius 1 is 1.27 bits per heavy atom. The van der Waals surface area contributed by atoms with Gasteiger partial charge in [-0.15, -0.1) is 0 Å². The minimum atomic E-state index is -4.83. The summed E-state index contributed by atoms with van der Waals surface area (Å²) in [6.45, 7) is 0.143. The molecule has 1 fully saturated rings. The van der Waals surface area contributed by atoms with E-state index < -0.39 is 30.6 Å². The van der Waals surface area contributed by atoms with Gasteiger partial charge in [-0.05, 0) is 12.8 Å². The summed E-state index contributed by atoms with van der Waals surface area (Å²) < 4.78 is 46.3. The van der Waals surface area contributed by atoms with Gasteiger partial charge in [0.05, 0.1) is 12.7 Å². The zero-order valence-electron chi connectivity index (χ0n) is 12.1. The van der Waals surface area contributed by atoms with Crippen LogP contribution in [0.15, 0.2) is 0 Å². The van der Waals surface area contributed by atoms with Crippen molar-refractivity contribution in [2.75, 3.05) is 19.8 Å². The zero-order valence-corrected chi connectivity index (χ0v) is 12.1. The van der Waals surface area contributed by atoms with Crippen molar-refractivity contribution in [3.8, 4) is 0 Å². The highest BCUT2D eigenvalue weighted by Crippen LogP contribution is 2.21. The molecular weight excluding hydrogens is 307 g/mol. The van der Waals surface area contributed by atoms with Crippen LogP contribution in [0.1, 0.15) is 32.1 Å². The van der Waals surface area contributed by atoms with Crippen LogP contribution in [0.2, 0.25) is 0 Å². The number of alkyl halides is 3. The Bertz CT molecular complexity index is 340. The fourth-order valence-corrected chi connectivity index (χ4v) is 2.06. The second kappa shape index (κ2) is 9.29. The summed E-state index contributed by atoms with van der Waals surface area (Å²) in [6, 6.07) is 0. The van der Waals surface area contributed by atoms with Gasteiger partial charge in [0, 0.05) is 19.6 Å².